The van der Waals surface area contributed by atoms with E-state index in [1.54, 1.807) is 13.0 Å². The summed E-state index contributed by atoms with van der Waals surface area (Å²) < 4.78 is 0.619. The number of aryl methyl sites for hydroxylation is 1. The lowest BCUT2D eigenvalue weighted by molar-refractivity contribution is -0.385. The molecule has 108 valence electrons. The molecule has 1 unspecified atom stereocenters. The Labute approximate surface area is 125 Å². The zero-order chi connectivity index (χ0) is 14.9. The Morgan fingerprint density at radius 1 is 1.60 bits per heavy atom. The summed E-state index contributed by atoms with van der Waals surface area (Å²) >= 11 is 3.30. The van der Waals surface area contributed by atoms with Gasteiger partial charge in [-0.05, 0) is 47.7 Å². The molecule has 1 aromatic carbocycles. The molecule has 1 atom stereocenters. The second-order valence-corrected chi connectivity index (χ2v) is 5.98. The molecule has 0 aromatic heterocycles. The highest BCUT2D eigenvalue weighted by Gasteiger charge is 2.30. The number of nitrogens with one attached hydrogen (secondary N) is 1. The molecule has 1 aromatic rings. The van der Waals surface area contributed by atoms with Crippen molar-refractivity contribution in [3.8, 4) is 0 Å². The molecule has 0 spiro atoms. The fourth-order valence-corrected chi connectivity index (χ4v) is 2.62. The minimum absolute atomic E-state index is 0.0185. The molecule has 0 aliphatic heterocycles. The quantitative estimate of drug-likeness (QED) is 0.635. The second-order valence-electron chi connectivity index (χ2n) is 5.13. The summed E-state index contributed by atoms with van der Waals surface area (Å²) in [6.45, 7) is 1.65. The normalized spacial score (nSPS) is 15.8. The fraction of sp³-hybridized carbons (Fsp3) is 0.462. The molecule has 7 heteroatoms. The number of nitrogens with two attached hydrogens (primary N) is 1. The van der Waals surface area contributed by atoms with Gasteiger partial charge in [0.1, 0.15) is 0 Å². The van der Waals surface area contributed by atoms with E-state index in [-0.39, 0.29) is 24.1 Å². The van der Waals surface area contributed by atoms with Crippen molar-refractivity contribution in [2.45, 2.75) is 32.2 Å². The molecule has 0 saturated heterocycles. The predicted molar refractivity (Wildman–Crippen MR) is 79.5 cm³/mol. The van der Waals surface area contributed by atoms with Crippen LogP contribution in [0, 0.1) is 23.0 Å². The molecule has 1 aliphatic rings. The Hall–Kier alpha value is -1.47. The van der Waals surface area contributed by atoms with Gasteiger partial charge in [-0.2, -0.15) is 0 Å². The van der Waals surface area contributed by atoms with E-state index in [1.165, 1.54) is 6.07 Å². The average molecular weight is 342 g/mol. The number of carbonyl (C=O) groups is 1. The molecule has 1 fully saturated rings. The zero-order valence-corrected chi connectivity index (χ0v) is 12.6. The van der Waals surface area contributed by atoms with Crippen LogP contribution in [0.4, 0.5) is 11.4 Å². The highest BCUT2D eigenvalue weighted by molar-refractivity contribution is 9.10. The van der Waals surface area contributed by atoms with Gasteiger partial charge in [-0.25, -0.2) is 0 Å². The third-order valence-corrected chi connectivity index (χ3v) is 4.06. The molecule has 2 rings (SSSR count). The van der Waals surface area contributed by atoms with E-state index >= 15 is 0 Å². The highest BCUT2D eigenvalue weighted by atomic mass is 79.9. The van der Waals surface area contributed by atoms with Crippen LogP contribution < -0.4 is 11.1 Å². The molecule has 1 saturated carbocycles. The maximum absolute atomic E-state index is 11.9. The van der Waals surface area contributed by atoms with Crippen molar-refractivity contribution >= 4 is 33.2 Å². The van der Waals surface area contributed by atoms with Gasteiger partial charge in [-0.15, -0.1) is 0 Å². The maximum atomic E-state index is 11.9. The molecule has 0 bridgehead atoms. The molecule has 0 heterocycles. The summed E-state index contributed by atoms with van der Waals surface area (Å²) in [5.74, 6) is 0.222. The molecule has 20 heavy (non-hydrogen) atoms. The number of anilines is 1. The topological polar surface area (TPSA) is 98.3 Å². The summed E-state index contributed by atoms with van der Waals surface area (Å²) in [5, 5.41) is 13.6. The van der Waals surface area contributed by atoms with Crippen LogP contribution in [0.1, 0.15) is 24.8 Å². The second kappa shape index (κ2) is 5.88. The lowest BCUT2D eigenvalue weighted by atomic mass is 10.1. The van der Waals surface area contributed by atoms with Crippen LogP contribution in [0.5, 0.6) is 0 Å². The van der Waals surface area contributed by atoms with Gasteiger partial charge in [-0.3, -0.25) is 14.9 Å². The van der Waals surface area contributed by atoms with Crippen molar-refractivity contribution in [1.82, 2.24) is 0 Å². The first-order valence-electron chi connectivity index (χ1n) is 6.38. The van der Waals surface area contributed by atoms with Crippen molar-refractivity contribution in [3.63, 3.8) is 0 Å². The lowest BCUT2D eigenvalue weighted by Gasteiger charge is -2.12. The number of carbonyl (C=O) groups excluding carboxylic acids is 1. The number of halogens is 1. The maximum Gasteiger partial charge on any atom is 0.274 e. The summed E-state index contributed by atoms with van der Waals surface area (Å²) in [4.78, 5) is 22.3. The van der Waals surface area contributed by atoms with Gasteiger partial charge < -0.3 is 11.1 Å². The highest BCUT2D eigenvalue weighted by Crippen LogP contribution is 2.34. The van der Waals surface area contributed by atoms with Crippen LogP contribution >= 0.6 is 15.9 Å². The number of amides is 1. The van der Waals surface area contributed by atoms with Gasteiger partial charge in [0.15, 0.2) is 0 Å². The Morgan fingerprint density at radius 3 is 2.80 bits per heavy atom. The van der Waals surface area contributed by atoms with Crippen molar-refractivity contribution in [3.05, 3.63) is 32.3 Å². The number of nitro benzene ring substituents is 1. The molecular formula is C13H16BrN3O3. The van der Waals surface area contributed by atoms with E-state index in [2.05, 4.69) is 21.2 Å². The minimum atomic E-state index is -0.465. The number of hydrogen-bond donors (Lipinski definition) is 2. The van der Waals surface area contributed by atoms with Crippen LogP contribution in [0.3, 0.4) is 0 Å². The summed E-state index contributed by atoms with van der Waals surface area (Å²) in [6.07, 6.45) is 2.39. The largest absolute Gasteiger partial charge is 0.327 e. The van der Waals surface area contributed by atoms with E-state index in [0.29, 0.717) is 21.6 Å². The van der Waals surface area contributed by atoms with Gasteiger partial charge in [-0.1, -0.05) is 0 Å². The monoisotopic (exact) mass is 341 g/mol. The van der Waals surface area contributed by atoms with Crippen LogP contribution in [0.2, 0.25) is 0 Å². The van der Waals surface area contributed by atoms with Gasteiger partial charge in [0.05, 0.1) is 10.6 Å². The number of rotatable bonds is 5. The Balaban J connectivity index is 2.09. The van der Waals surface area contributed by atoms with Gasteiger partial charge >= 0.3 is 0 Å². The third kappa shape index (κ3) is 3.55. The SMILES string of the molecule is Cc1cc(Br)c(NC(=O)CC(N)C2CC2)cc1[N+](=O)[O-]. The zero-order valence-electron chi connectivity index (χ0n) is 11.1. The Morgan fingerprint density at radius 2 is 2.25 bits per heavy atom. The van der Waals surface area contributed by atoms with Gasteiger partial charge in [0.25, 0.3) is 5.69 Å². The number of benzene rings is 1. The summed E-state index contributed by atoms with van der Waals surface area (Å²) in [5.41, 5.74) is 6.81. The van der Waals surface area contributed by atoms with Crippen molar-refractivity contribution in [2.75, 3.05) is 5.32 Å². The first-order chi connectivity index (χ1) is 9.38. The molecule has 3 N–H and O–H groups in total. The van der Waals surface area contributed by atoms with Crippen LogP contribution in [-0.2, 0) is 4.79 Å². The predicted octanol–water partition coefficient (Wildman–Crippen LogP) is 2.73. The smallest absolute Gasteiger partial charge is 0.274 e. The molecular weight excluding hydrogens is 326 g/mol. The lowest BCUT2D eigenvalue weighted by Crippen LogP contribution is -2.28. The van der Waals surface area contributed by atoms with E-state index in [9.17, 15) is 14.9 Å². The van der Waals surface area contributed by atoms with Crippen LogP contribution in [-0.4, -0.2) is 16.9 Å². The Kier molecular flexibility index (Phi) is 4.39. The van der Waals surface area contributed by atoms with Crippen molar-refractivity contribution in [1.29, 1.82) is 0 Å². The van der Waals surface area contributed by atoms with E-state index < -0.39 is 4.92 Å². The third-order valence-electron chi connectivity index (χ3n) is 3.41. The average Bonchev–Trinajstić information content (AvgIpc) is 3.15. The number of nitro groups is 1. The van der Waals surface area contributed by atoms with E-state index in [1.807, 2.05) is 0 Å². The fourth-order valence-electron chi connectivity index (χ4n) is 2.06. The molecule has 1 aliphatic carbocycles. The van der Waals surface area contributed by atoms with Crippen molar-refractivity contribution in [2.24, 2.45) is 11.7 Å². The standard InChI is InChI=1S/C13H16BrN3O3/c1-7-4-9(14)11(6-12(7)17(19)20)16-13(18)5-10(15)8-2-3-8/h4,6,8,10H,2-3,5,15H2,1H3,(H,16,18). The summed E-state index contributed by atoms with van der Waals surface area (Å²) in [7, 11) is 0. The molecule has 0 radical (unpaired) electrons. The van der Waals surface area contributed by atoms with Gasteiger partial charge in [0, 0.05) is 28.6 Å². The Bertz CT molecular complexity index is 558. The molecule has 1 amide bonds. The summed E-state index contributed by atoms with van der Waals surface area (Å²) in [6, 6.07) is 2.85. The van der Waals surface area contributed by atoms with Gasteiger partial charge in [0.2, 0.25) is 5.91 Å². The number of nitrogens with zero attached hydrogens (tertiary/aromatic N) is 1. The van der Waals surface area contributed by atoms with E-state index in [4.69, 9.17) is 5.73 Å². The first-order valence-corrected chi connectivity index (χ1v) is 7.17. The minimum Gasteiger partial charge on any atom is -0.327 e. The molecule has 6 nitrogen and oxygen atoms in total. The van der Waals surface area contributed by atoms with Crippen LogP contribution in [0.25, 0.3) is 0 Å². The van der Waals surface area contributed by atoms with E-state index in [0.717, 1.165) is 12.8 Å². The number of hydrogen-bond acceptors (Lipinski definition) is 4. The van der Waals surface area contributed by atoms with Crippen LogP contribution in [0.15, 0.2) is 16.6 Å². The first kappa shape index (κ1) is 14.9. The van der Waals surface area contributed by atoms with Crippen molar-refractivity contribution < 1.29 is 9.72 Å².